The summed E-state index contributed by atoms with van der Waals surface area (Å²) in [6, 6.07) is 15.7. The number of methoxy groups -OCH3 is 2. The van der Waals surface area contributed by atoms with Gasteiger partial charge in [0, 0.05) is 36.9 Å². The molecule has 0 amide bonds. The van der Waals surface area contributed by atoms with Crippen LogP contribution in [-0.2, 0) is 0 Å². The maximum atomic E-state index is 5.69. The molecule has 2 aliphatic heterocycles. The van der Waals surface area contributed by atoms with Crippen molar-refractivity contribution in [3.63, 3.8) is 0 Å². The van der Waals surface area contributed by atoms with Gasteiger partial charge in [0.2, 0.25) is 0 Å². The molecular weight excluding hydrogens is 410 g/mol. The number of rotatable bonds is 8. The Morgan fingerprint density at radius 1 is 1.00 bits per heavy atom. The van der Waals surface area contributed by atoms with E-state index in [0.717, 1.165) is 31.1 Å². The van der Waals surface area contributed by atoms with Gasteiger partial charge >= 0.3 is 0 Å². The number of anilines is 1. The number of nitrogens with zero attached hydrogens (tertiary/aromatic N) is 1. The molecule has 5 heteroatoms. The molecule has 0 aromatic heterocycles. The summed E-state index contributed by atoms with van der Waals surface area (Å²) >= 11 is 0. The molecule has 0 radical (unpaired) electrons. The number of likely N-dealkylation sites (tertiary alicyclic amines) is 1. The third kappa shape index (κ3) is 5.19. The van der Waals surface area contributed by atoms with Gasteiger partial charge in [-0.05, 0) is 79.3 Å². The van der Waals surface area contributed by atoms with E-state index < -0.39 is 0 Å². The fraction of sp³-hybridized carbons (Fsp3) is 0.429. The number of dihydropyridines is 1. The molecule has 1 saturated heterocycles. The van der Waals surface area contributed by atoms with Gasteiger partial charge in [0.25, 0.3) is 0 Å². The van der Waals surface area contributed by atoms with Gasteiger partial charge in [-0.15, -0.1) is 0 Å². The maximum absolute atomic E-state index is 5.69. The van der Waals surface area contributed by atoms with Crippen molar-refractivity contribution >= 4 is 5.69 Å². The number of piperidine rings is 1. The summed E-state index contributed by atoms with van der Waals surface area (Å²) in [5, 5.41) is 7.22. The van der Waals surface area contributed by atoms with E-state index in [2.05, 4.69) is 76.4 Å². The van der Waals surface area contributed by atoms with Crippen LogP contribution in [0.4, 0.5) is 5.69 Å². The highest BCUT2D eigenvalue weighted by Crippen LogP contribution is 2.48. The molecule has 0 bridgehead atoms. The van der Waals surface area contributed by atoms with Gasteiger partial charge in [-0.25, -0.2) is 0 Å². The summed E-state index contributed by atoms with van der Waals surface area (Å²) in [7, 11) is 3.46. The quantitative estimate of drug-likeness (QED) is 0.582. The van der Waals surface area contributed by atoms with Gasteiger partial charge in [-0.1, -0.05) is 24.3 Å². The first-order chi connectivity index (χ1) is 16.2. The van der Waals surface area contributed by atoms with Crippen LogP contribution in [0, 0.1) is 0 Å². The fourth-order valence-corrected chi connectivity index (χ4v) is 5.03. The first-order valence-electron chi connectivity index (χ1n) is 12.2. The van der Waals surface area contributed by atoms with E-state index in [1.807, 2.05) is 0 Å². The monoisotopic (exact) mass is 445 g/mol. The second-order valence-corrected chi connectivity index (χ2v) is 9.40. The highest BCUT2D eigenvalue weighted by Gasteiger charge is 2.30. The molecule has 1 unspecified atom stereocenters. The van der Waals surface area contributed by atoms with Crippen molar-refractivity contribution in [1.82, 2.24) is 10.2 Å². The normalized spacial score (nSPS) is 21.3. The first kappa shape index (κ1) is 21.9. The average molecular weight is 446 g/mol. The number of nitrogens with one attached hydrogen (secondary N) is 2. The van der Waals surface area contributed by atoms with Crippen LogP contribution in [0.3, 0.4) is 0 Å². The van der Waals surface area contributed by atoms with E-state index >= 15 is 0 Å². The van der Waals surface area contributed by atoms with Crippen LogP contribution in [0.5, 0.6) is 11.5 Å². The van der Waals surface area contributed by atoms with Gasteiger partial charge in [-0.2, -0.15) is 0 Å². The van der Waals surface area contributed by atoms with Crippen molar-refractivity contribution in [2.75, 3.05) is 39.2 Å². The topological polar surface area (TPSA) is 45.8 Å². The Balaban J connectivity index is 1.23. The summed E-state index contributed by atoms with van der Waals surface area (Å²) in [5.74, 6) is 2.32. The smallest absolute Gasteiger partial charge is 0.164 e. The SMILES string of the molecule is COc1cc(C2C=C(CN3CCC(Nc4ccccc4)CC3)C=CN2)cc(C2CC2)c1OC. The number of hydrogen-bond donors (Lipinski definition) is 2. The van der Waals surface area contributed by atoms with Crippen LogP contribution in [0.15, 0.2) is 66.4 Å². The van der Waals surface area contributed by atoms with Crippen LogP contribution < -0.4 is 20.1 Å². The maximum Gasteiger partial charge on any atom is 0.164 e. The minimum absolute atomic E-state index is 0.152. The lowest BCUT2D eigenvalue weighted by Gasteiger charge is -2.33. The Morgan fingerprint density at radius 2 is 1.79 bits per heavy atom. The fourth-order valence-electron chi connectivity index (χ4n) is 5.03. The van der Waals surface area contributed by atoms with Crippen molar-refractivity contribution < 1.29 is 9.47 Å². The zero-order valence-corrected chi connectivity index (χ0v) is 19.7. The van der Waals surface area contributed by atoms with Gasteiger partial charge in [0.15, 0.2) is 11.5 Å². The summed E-state index contributed by atoms with van der Waals surface area (Å²) in [6.45, 7) is 3.24. The first-order valence-corrected chi connectivity index (χ1v) is 12.2. The van der Waals surface area contributed by atoms with Crippen LogP contribution in [-0.4, -0.2) is 44.8 Å². The molecule has 5 nitrogen and oxygen atoms in total. The minimum atomic E-state index is 0.152. The molecule has 2 heterocycles. The Kier molecular flexibility index (Phi) is 6.58. The number of para-hydroxylation sites is 1. The highest BCUT2D eigenvalue weighted by molar-refractivity contribution is 5.54. The zero-order valence-electron chi connectivity index (χ0n) is 19.7. The van der Waals surface area contributed by atoms with Gasteiger partial charge in [-0.3, -0.25) is 4.90 Å². The summed E-state index contributed by atoms with van der Waals surface area (Å²) in [4.78, 5) is 2.58. The van der Waals surface area contributed by atoms with Crippen molar-refractivity contribution in [2.24, 2.45) is 0 Å². The Morgan fingerprint density at radius 3 is 2.48 bits per heavy atom. The predicted octanol–water partition coefficient (Wildman–Crippen LogP) is 5.24. The van der Waals surface area contributed by atoms with E-state index in [1.165, 1.54) is 48.1 Å². The standard InChI is InChI=1S/C28H35N3O2/c1-32-27-18-22(17-25(21-8-9-21)28(27)33-2)26-16-20(10-13-29-26)19-31-14-11-24(12-15-31)30-23-6-4-3-5-7-23/h3-7,10,13,16-18,21,24,26,29-30H,8-9,11-12,14-15,19H2,1-2H3. The third-order valence-corrected chi connectivity index (χ3v) is 7.00. The third-order valence-electron chi connectivity index (χ3n) is 7.00. The van der Waals surface area contributed by atoms with Gasteiger partial charge in [0.05, 0.1) is 20.3 Å². The Hall–Kier alpha value is -2.92. The summed E-state index contributed by atoms with van der Waals surface area (Å²) in [6.07, 6.45) is 11.5. The lowest BCUT2D eigenvalue weighted by Crippen LogP contribution is -2.40. The van der Waals surface area contributed by atoms with Crippen LogP contribution in [0.25, 0.3) is 0 Å². The largest absolute Gasteiger partial charge is 0.493 e. The molecule has 1 atom stereocenters. The lowest BCUT2D eigenvalue weighted by molar-refractivity contribution is 0.236. The summed E-state index contributed by atoms with van der Waals surface area (Å²) < 4.78 is 11.4. The van der Waals surface area contributed by atoms with Crippen molar-refractivity contribution in [1.29, 1.82) is 0 Å². The van der Waals surface area contributed by atoms with Crippen LogP contribution in [0.2, 0.25) is 0 Å². The second kappa shape index (κ2) is 9.92. The number of benzene rings is 2. The van der Waals surface area contributed by atoms with Gasteiger partial charge in [0.1, 0.15) is 0 Å². The van der Waals surface area contributed by atoms with Crippen molar-refractivity contribution in [3.8, 4) is 11.5 Å². The van der Waals surface area contributed by atoms with Crippen LogP contribution in [0.1, 0.15) is 48.8 Å². The molecule has 3 aliphatic rings. The second-order valence-electron chi connectivity index (χ2n) is 9.40. The predicted molar refractivity (Wildman–Crippen MR) is 134 cm³/mol. The van der Waals surface area contributed by atoms with E-state index in [4.69, 9.17) is 9.47 Å². The highest BCUT2D eigenvalue weighted by atomic mass is 16.5. The Bertz CT molecular complexity index is 1010. The minimum Gasteiger partial charge on any atom is -0.493 e. The molecular formula is C28H35N3O2. The molecule has 2 aromatic carbocycles. The molecule has 0 spiro atoms. The molecule has 2 aromatic rings. The Labute approximate surface area is 197 Å². The van der Waals surface area contributed by atoms with Gasteiger partial charge < -0.3 is 20.1 Å². The lowest BCUT2D eigenvalue weighted by atomic mass is 9.96. The molecule has 5 rings (SSSR count). The van der Waals surface area contributed by atoms with E-state index in [1.54, 1.807) is 14.2 Å². The molecule has 1 saturated carbocycles. The van der Waals surface area contributed by atoms with E-state index in [-0.39, 0.29) is 6.04 Å². The molecule has 1 aliphatic carbocycles. The number of ether oxygens (including phenoxy) is 2. The van der Waals surface area contributed by atoms with Crippen molar-refractivity contribution in [2.45, 2.75) is 43.7 Å². The average Bonchev–Trinajstić information content (AvgIpc) is 3.71. The molecule has 174 valence electrons. The van der Waals surface area contributed by atoms with Crippen molar-refractivity contribution in [3.05, 3.63) is 77.5 Å². The molecule has 2 fully saturated rings. The van der Waals surface area contributed by atoms with E-state index in [0.29, 0.717) is 12.0 Å². The zero-order chi connectivity index (χ0) is 22.6. The number of hydrogen-bond acceptors (Lipinski definition) is 5. The summed E-state index contributed by atoms with van der Waals surface area (Å²) in [5.41, 5.74) is 5.12. The van der Waals surface area contributed by atoms with E-state index in [9.17, 15) is 0 Å². The van der Waals surface area contributed by atoms with Crippen LogP contribution >= 0.6 is 0 Å². The molecule has 33 heavy (non-hydrogen) atoms. The molecule has 2 N–H and O–H groups in total.